The van der Waals surface area contributed by atoms with E-state index in [1.54, 1.807) is 11.3 Å². The molecule has 2 heterocycles. The molecule has 1 saturated heterocycles. The second-order valence-electron chi connectivity index (χ2n) is 6.27. The number of non-ortho nitro benzene ring substituents is 1. The minimum absolute atomic E-state index is 0.00635. The van der Waals surface area contributed by atoms with E-state index in [2.05, 4.69) is 9.62 Å². The third kappa shape index (κ3) is 4.71. The molecule has 0 bridgehead atoms. The molecule has 1 aliphatic heterocycles. The van der Waals surface area contributed by atoms with Gasteiger partial charge in [-0.1, -0.05) is 6.07 Å². The van der Waals surface area contributed by atoms with E-state index in [1.165, 1.54) is 24.3 Å². The van der Waals surface area contributed by atoms with Gasteiger partial charge in [-0.25, -0.2) is 13.1 Å². The van der Waals surface area contributed by atoms with Gasteiger partial charge in [-0.05, 0) is 30.5 Å². The molecule has 27 heavy (non-hydrogen) atoms. The number of benzene rings is 1. The third-order valence-corrected chi connectivity index (χ3v) is 6.96. The Bertz CT molecular complexity index is 862. The number of rotatable bonds is 7. The molecule has 0 aliphatic carbocycles. The maximum absolute atomic E-state index is 12.8. The van der Waals surface area contributed by atoms with Crippen molar-refractivity contribution >= 4 is 27.0 Å². The molecule has 2 atom stereocenters. The molecular weight excluding hydrogens is 390 g/mol. The standard InChI is InChI=1S/C17H21N3O5S2/c1-13(17(16-3-2-12-26-16)19-8-10-25-11-9-19)18-27(23,24)15-6-4-14(5-7-15)20(21)22/h2-7,12-13,17-18H,8-11H2,1H3/t13-,17-/m0/s1. The fraction of sp³-hybridized carbons (Fsp3) is 0.412. The summed E-state index contributed by atoms with van der Waals surface area (Å²) in [6, 6.07) is 8.34. The Morgan fingerprint density at radius 2 is 1.89 bits per heavy atom. The van der Waals surface area contributed by atoms with Crippen molar-refractivity contribution in [1.82, 2.24) is 9.62 Å². The van der Waals surface area contributed by atoms with Crippen LogP contribution in [0, 0.1) is 10.1 Å². The molecule has 1 fully saturated rings. The molecule has 2 aromatic rings. The first-order valence-electron chi connectivity index (χ1n) is 8.50. The van der Waals surface area contributed by atoms with Crippen LogP contribution in [0.3, 0.4) is 0 Å². The molecule has 0 unspecified atom stereocenters. The van der Waals surface area contributed by atoms with Crippen LogP contribution in [0.15, 0.2) is 46.7 Å². The zero-order valence-corrected chi connectivity index (χ0v) is 16.4. The molecule has 0 saturated carbocycles. The Morgan fingerprint density at radius 3 is 2.44 bits per heavy atom. The van der Waals surface area contributed by atoms with Gasteiger partial charge in [0.05, 0.1) is 29.1 Å². The lowest BCUT2D eigenvalue weighted by Crippen LogP contribution is -2.48. The normalized spacial score (nSPS) is 18.1. The molecular formula is C17H21N3O5S2. The summed E-state index contributed by atoms with van der Waals surface area (Å²) >= 11 is 1.59. The summed E-state index contributed by atoms with van der Waals surface area (Å²) < 4.78 is 33.7. The number of thiophene rings is 1. The Hall–Kier alpha value is -1.85. The van der Waals surface area contributed by atoms with Crippen molar-refractivity contribution in [2.75, 3.05) is 26.3 Å². The van der Waals surface area contributed by atoms with E-state index >= 15 is 0 Å². The van der Waals surface area contributed by atoms with Crippen LogP contribution < -0.4 is 4.72 Å². The van der Waals surface area contributed by atoms with E-state index in [0.29, 0.717) is 13.2 Å². The second-order valence-corrected chi connectivity index (χ2v) is 8.96. The largest absolute Gasteiger partial charge is 0.379 e. The number of sulfonamides is 1. The summed E-state index contributed by atoms with van der Waals surface area (Å²) in [6.07, 6.45) is 0. The van der Waals surface area contributed by atoms with Crippen molar-refractivity contribution < 1.29 is 18.1 Å². The highest BCUT2D eigenvalue weighted by molar-refractivity contribution is 7.89. The lowest BCUT2D eigenvalue weighted by atomic mass is 10.1. The van der Waals surface area contributed by atoms with E-state index < -0.39 is 14.9 Å². The summed E-state index contributed by atoms with van der Waals surface area (Å²) in [5.41, 5.74) is -0.147. The molecule has 1 aliphatic rings. The van der Waals surface area contributed by atoms with Gasteiger partial charge < -0.3 is 4.74 Å². The van der Waals surface area contributed by atoms with Gasteiger partial charge in [0.25, 0.3) is 5.69 Å². The zero-order chi connectivity index (χ0) is 19.4. The number of nitro groups is 1. The zero-order valence-electron chi connectivity index (χ0n) is 14.8. The second kappa shape index (κ2) is 8.44. The van der Waals surface area contributed by atoms with Crippen LogP contribution in [0.4, 0.5) is 5.69 Å². The van der Waals surface area contributed by atoms with Crippen LogP contribution in [0.5, 0.6) is 0 Å². The summed E-state index contributed by atoms with van der Waals surface area (Å²) in [5, 5.41) is 12.7. The minimum Gasteiger partial charge on any atom is -0.379 e. The summed E-state index contributed by atoms with van der Waals surface area (Å²) in [6.45, 7) is 4.52. The molecule has 0 amide bonds. The summed E-state index contributed by atoms with van der Waals surface area (Å²) in [7, 11) is -3.80. The SMILES string of the molecule is C[C@H](NS(=O)(=O)c1ccc([N+](=O)[O-])cc1)[C@@H](c1cccs1)N1CCOCC1. The quantitative estimate of drug-likeness (QED) is 0.554. The highest BCUT2D eigenvalue weighted by atomic mass is 32.2. The molecule has 1 N–H and O–H groups in total. The van der Waals surface area contributed by atoms with Crippen molar-refractivity contribution in [3.63, 3.8) is 0 Å². The molecule has 0 radical (unpaired) electrons. The lowest BCUT2D eigenvalue weighted by Gasteiger charge is -2.37. The highest BCUT2D eigenvalue weighted by Crippen LogP contribution is 2.30. The predicted molar refractivity (Wildman–Crippen MR) is 102 cm³/mol. The fourth-order valence-electron chi connectivity index (χ4n) is 3.18. The average Bonchev–Trinajstić information content (AvgIpc) is 3.16. The maximum atomic E-state index is 12.8. The minimum atomic E-state index is -3.80. The molecule has 1 aromatic heterocycles. The van der Waals surface area contributed by atoms with Gasteiger partial charge in [0.2, 0.25) is 10.0 Å². The first-order chi connectivity index (χ1) is 12.9. The van der Waals surface area contributed by atoms with Gasteiger partial charge in [-0.3, -0.25) is 15.0 Å². The van der Waals surface area contributed by atoms with Gasteiger partial charge in [0.1, 0.15) is 0 Å². The van der Waals surface area contributed by atoms with Crippen molar-refractivity contribution in [3.05, 3.63) is 56.8 Å². The van der Waals surface area contributed by atoms with Crippen LogP contribution in [0.2, 0.25) is 0 Å². The Kier molecular flexibility index (Phi) is 6.22. The van der Waals surface area contributed by atoms with Crippen molar-refractivity contribution in [2.24, 2.45) is 0 Å². The smallest absolute Gasteiger partial charge is 0.269 e. The predicted octanol–water partition coefficient (Wildman–Crippen LogP) is 2.40. The summed E-state index contributed by atoms with van der Waals surface area (Å²) in [5.74, 6) is 0. The lowest BCUT2D eigenvalue weighted by molar-refractivity contribution is -0.384. The Morgan fingerprint density at radius 1 is 1.22 bits per heavy atom. The fourth-order valence-corrected chi connectivity index (χ4v) is 5.39. The van der Waals surface area contributed by atoms with Crippen molar-refractivity contribution in [2.45, 2.75) is 23.9 Å². The van der Waals surface area contributed by atoms with Crippen LogP contribution in [0.1, 0.15) is 17.8 Å². The van der Waals surface area contributed by atoms with Gasteiger partial charge in [0, 0.05) is 36.1 Å². The van der Waals surface area contributed by atoms with Crippen molar-refractivity contribution in [3.8, 4) is 0 Å². The first-order valence-corrected chi connectivity index (χ1v) is 10.9. The molecule has 8 nitrogen and oxygen atoms in total. The number of nitrogens with zero attached hydrogens (tertiary/aromatic N) is 2. The van der Waals surface area contributed by atoms with Crippen LogP contribution in [-0.4, -0.2) is 50.6 Å². The number of hydrogen-bond acceptors (Lipinski definition) is 7. The number of ether oxygens (including phenoxy) is 1. The molecule has 0 spiro atoms. The van der Waals surface area contributed by atoms with E-state index in [-0.39, 0.29) is 22.7 Å². The number of morpholine rings is 1. The Balaban J connectivity index is 1.81. The van der Waals surface area contributed by atoms with Crippen molar-refractivity contribution in [1.29, 1.82) is 0 Å². The molecule has 10 heteroatoms. The van der Waals surface area contributed by atoms with Crippen LogP contribution in [-0.2, 0) is 14.8 Å². The van der Waals surface area contributed by atoms with E-state index in [9.17, 15) is 18.5 Å². The van der Waals surface area contributed by atoms with Crippen LogP contribution >= 0.6 is 11.3 Å². The molecule has 1 aromatic carbocycles. The topological polar surface area (TPSA) is 102 Å². The number of nitro benzene ring substituents is 1. The maximum Gasteiger partial charge on any atom is 0.269 e. The van der Waals surface area contributed by atoms with E-state index in [1.807, 2.05) is 24.4 Å². The van der Waals surface area contributed by atoms with Gasteiger partial charge in [-0.15, -0.1) is 11.3 Å². The highest BCUT2D eigenvalue weighted by Gasteiger charge is 2.31. The van der Waals surface area contributed by atoms with Gasteiger partial charge in [-0.2, -0.15) is 0 Å². The number of nitrogens with one attached hydrogen (secondary N) is 1. The summed E-state index contributed by atoms with van der Waals surface area (Å²) in [4.78, 5) is 13.5. The van der Waals surface area contributed by atoms with Gasteiger partial charge >= 0.3 is 0 Å². The number of hydrogen-bond donors (Lipinski definition) is 1. The van der Waals surface area contributed by atoms with E-state index in [4.69, 9.17) is 4.74 Å². The van der Waals surface area contributed by atoms with Crippen LogP contribution in [0.25, 0.3) is 0 Å². The van der Waals surface area contributed by atoms with E-state index in [0.717, 1.165) is 18.0 Å². The first kappa shape index (κ1) is 19.9. The average molecular weight is 412 g/mol. The monoisotopic (exact) mass is 411 g/mol. The third-order valence-electron chi connectivity index (χ3n) is 4.45. The van der Waals surface area contributed by atoms with Gasteiger partial charge in [0.15, 0.2) is 0 Å². The Labute approximate surface area is 162 Å². The molecule has 146 valence electrons. The molecule has 3 rings (SSSR count).